The van der Waals surface area contributed by atoms with Crippen molar-refractivity contribution in [3.63, 3.8) is 0 Å². The second kappa shape index (κ2) is 9.31. The minimum Gasteiger partial charge on any atom is -0.396 e. The minimum atomic E-state index is -0.103. The van der Waals surface area contributed by atoms with Crippen molar-refractivity contribution < 1.29 is 9.84 Å². The van der Waals surface area contributed by atoms with Crippen LogP contribution in [-0.2, 0) is 4.74 Å². The molecule has 0 saturated heterocycles. The Morgan fingerprint density at radius 2 is 2.11 bits per heavy atom. The lowest BCUT2D eigenvalue weighted by Gasteiger charge is -2.19. The molecule has 1 aromatic carbocycles. The maximum absolute atomic E-state index is 8.87. The van der Waals surface area contributed by atoms with Crippen molar-refractivity contribution in [3.8, 4) is 0 Å². The standard InChI is InChI=1S/C17H22O2/c1-3-5-10-15(4-2)17(19-14-9-13-18)16-11-7-6-8-12-16/h3-8,10-12,17-18H,1,9,13-14H2,2H3/b10-5-,15-4+. The van der Waals surface area contributed by atoms with Crippen LogP contribution in [0.1, 0.15) is 25.0 Å². The predicted molar refractivity (Wildman–Crippen MR) is 79.9 cm³/mol. The molecule has 19 heavy (non-hydrogen) atoms. The first-order valence-electron chi connectivity index (χ1n) is 6.56. The third-order valence-corrected chi connectivity index (χ3v) is 2.75. The highest BCUT2D eigenvalue weighted by Gasteiger charge is 2.14. The largest absolute Gasteiger partial charge is 0.396 e. The molecule has 0 saturated carbocycles. The van der Waals surface area contributed by atoms with Crippen LogP contribution in [0, 0.1) is 0 Å². The van der Waals surface area contributed by atoms with E-state index in [1.807, 2.05) is 43.4 Å². The number of allylic oxidation sites excluding steroid dienone is 3. The molecule has 1 aromatic rings. The number of hydrogen-bond acceptors (Lipinski definition) is 2. The van der Waals surface area contributed by atoms with Gasteiger partial charge in [0.15, 0.2) is 0 Å². The summed E-state index contributed by atoms with van der Waals surface area (Å²) in [6.07, 6.45) is 8.24. The molecule has 0 spiro atoms. The summed E-state index contributed by atoms with van der Waals surface area (Å²) in [6.45, 7) is 6.37. The first kappa shape index (κ1) is 15.4. The van der Waals surface area contributed by atoms with Gasteiger partial charge in [0.2, 0.25) is 0 Å². The molecule has 0 heterocycles. The summed E-state index contributed by atoms with van der Waals surface area (Å²) in [4.78, 5) is 0. The molecule has 0 bridgehead atoms. The van der Waals surface area contributed by atoms with Gasteiger partial charge in [-0.25, -0.2) is 0 Å². The highest BCUT2D eigenvalue weighted by atomic mass is 16.5. The van der Waals surface area contributed by atoms with E-state index < -0.39 is 0 Å². The smallest absolute Gasteiger partial charge is 0.107 e. The van der Waals surface area contributed by atoms with E-state index in [0.29, 0.717) is 13.0 Å². The number of benzene rings is 1. The maximum atomic E-state index is 8.87. The van der Waals surface area contributed by atoms with Crippen LogP contribution in [0.4, 0.5) is 0 Å². The van der Waals surface area contributed by atoms with Gasteiger partial charge < -0.3 is 9.84 Å². The quantitative estimate of drug-likeness (QED) is 0.567. The van der Waals surface area contributed by atoms with Gasteiger partial charge in [0.25, 0.3) is 0 Å². The average Bonchev–Trinajstić information content (AvgIpc) is 2.47. The number of aliphatic hydroxyl groups is 1. The third kappa shape index (κ3) is 5.25. The van der Waals surface area contributed by atoms with Gasteiger partial charge in [-0.15, -0.1) is 0 Å². The molecule has 102 valence electrons. The third-order valence-electron chi connectivity index (χ3n) is 2.75. The number of ether oxygens (including phenoxy) is 1. The van der Waals surface area contributed by atoms with E-state index in [9.17, 15) is 0 Å². The van der Waals surface area contributed by atoms with Gasteiger partial charge >= 0.3 is 0 Å². The van der Waals surface area contributed by atoms with E-state index in [1.54, 1.807) is 6.08 Å². The van der Waals surface area contributed by atoms with Gasteiger partial charge in [-0.3, -0.25) is 0 Å². The van der Waals surface area contributed by atoms with Crippen molar-refractivity contribution >= 4 is 0 Å². The molecule has 0 aromatic heterocycles. The lowest BCUT2D eigenvalue weighted by atomic mass is 10.0. The molecule has 0 aliphatic heterocycles. The molecule has 0 fully saturated rings. The van der Waals surface area contributed by atoms with Gasteiger partial charge in [-0.1, -0.05) is 61.2 Å². The monoisotopic (exact) mass is 258 g/mol. The van der Waals surface area contributed by atoms with Crippen molar-refractivity contribution in [2.24, 2.45) is 0 Å². The normalized spacial score (nSPS) is 13.7. The van der Waals surface area contributed by atoms with Crippen molar-refractivity contribution in [1.29, 1.82) is 0 Å². The Labute approximate surface area is 115 Å². The first-order chi connectivity index (χ1) is 9.33. The summed E-state index contributed by atoms with van der Waals surface area (Å²) in [5.74, 6) is 0. The van der Waals surface area contributed by atoms with Crippen LogP contribution in [-0.4, -0.2) is 18.3 Å². The first-order valence-corrected chi connectivity index (χ1v) is 6.56. The van der Waals surface area contributed by atoms with Crippen LogP contribution in [0.5, 0.6) is 0 Å². The van der Waals surface area contributed by atoms with Gasteiger partial charge in [-0.2, -0.15) is 0 Å². The van der Waals surface area contributed by atoms with E-state index in [4.69, 9.17) is 9.84 Å². The van der Waals surface area contributed by atoms with Crippen molar-refractivity contribution in [1.82, 2.24) is 0 Å². The van der Waals surface area contributed by atoms with Crippen LogP contribution < -0.4 is 0 Å². The van der Waals surface area contributed by atoms with E-state index in [0.717, 1.165) is 11.1 Å². The number of hydrogen-bond donors (Lipinski definition) is 1. The Balaban J connectivity index is 2.91. The van der Waals surface area contributed by atoms with Gasteiger partial charge in [0, 0.05) is 6.61 Å². The molecule has 1 atom stereocenters. The fourth-order valence-corrected chi connectivity index (χ4v) is 1.79. The Morgan fingerprint density at radius 1 is 1.37 bits per heavy atom. The zero-order valence-corrected chi connectivity index (χ0v) is 11.5. The van der Waals surface area contributed by atoms with E-state index in [1.165, 1.54) is 0 Å². The summed E-state index contributed by atoms with van der Waals surface area (Å²) in [5.41, 5.74) is 2.20. The molecule has 2 nitrogen and oxygen atoms in total. The summed E-state index contributed by atoms with van der Waals surface area (Å²) in [6, 6.07) is 10.1. The molecule has 0 aliphatic carbocycles. The highest BCUT2D eigenvalue weighted by molar-refractivity contribution is 5.33. The second-order valence-corrected chi connectivity index (χ2v) is 4.12. The molecule has 2 heteroatoms. The summed E-state index contributed by atoms with van der Waals surface area (Å²) < 4.78 is 5.90. The average molecular weight is 258 g/mol. The Morgan fingerprint density at radius 3 is 2.68 bits per heavy atom. The van der Waals surface area contributed by atoms with Crippen molar-refractivity contribution in [2.45, 2.75) is 19.4 Å². The number of rotatable bonds is 8. The van der Waals surface area contributed by atoms with Crippen LogP contribution in [0.15, 0.2) is 66.8 Å². The molecular weight excluding hydrogens is 236 g/mol. The Bertz CT molecular complexity index is 418. The molecule has 0 amide bonds. The molecule has 0 aliphatic rings. The van der Waals surface area contributed by atoms with Gasteiger partial charge in [0.1, 0.15) is 6.10 Å². The lowest BCUT2D eigenvalue weighted by molar-refractivity contribution is 0.0678. The summed E-state index contributed by atoms with van der Waals surface area (Å²) in [7, 11) is 0. The molecule has 1 rings (SSSR count). The van der Waals surface area contributed by atoms with E-state index in [-0.39, 0.29) is 12.7 Å². The van der Waals surface area contributed by atoms with Gasteiger partial charge in [0.05, 0.1) is 6.61 Å². The highest BCUT2D eigenvalue weighted by Crippen LogP contribution is 2.26. The zero-order valence-electron chi connectivity index (χ0n) is 11.5. The van der Waals surface area contributed by atoms with E-state index >= 15 is 0 Å². The maximum Gasteiger partial charge on any atom is 0.107 e. The van der Waals surface area contributed by atoms with Crippen LogP contribution in [0.3, 0.4) is 0 Å². The molecular formula is C17H22O2. The van der Waals surface area contributed by atoms with Gasteiger partial charge in [-0.05, 0) is 24.5 Å². The van der Waals surface area contributed by atoms with Crippen molar-refractivity contribution in [3.05, 3.63) is 72.4 Å². The lowest BCUT2D eigenvalue weighted by Crippen LogP contribution is -2.08. The SMILES string of the molecule is C=C/C=C\C(=C/C)C(OCCCO)c1ccccc1. The Hall–Kier alpha value is -1.64. The molecule has 1 N–H and O–H groups in total. The van der Waals surface area contributed by atoms with Crippen LogP contribution in [0.2, 0.25) is 0 Å². The summed E-state index contributed by atoms with van der Waals surface area (Å²) >= 11 is 0. The number of aliphatic hydroxyl groups excluding tert-OH is 1. The minimum absolute atomic E-state index is 0.103. The van der Waals surface area contributed by atoms with E-state index in [2.05, 4.69) is 18.7 Å². The Kier molecular flexibility index (Phi) is 7.56. The zero-order chi connectivity index (χ0) is 13.9. The van der Waals surface area contributed by atoms with Crippen molar-refractivity contribution in [2.75, 3.05) is 13.2 Å². The topological polar surface area (TPSA) is 29.5 Å². The molecule has 0 radical (unpaired) electrons. The van der Waals surface area contributed by atoms with Crippen LogP contribution in [0.25, 0.3) is 0 Å². The van der Waals surface area contributed by atoms with Crippen LogP contribution >= 0.6 is 0 Å². The fraction of sp³-hybridized carbons (Fsp3) is 0.294. The predicted octanol–water partition coefficient (Wildman–Crippen LogP) is 3.82. The molecule has 1 unspecified atom stereocenters. The summed E-state index contributed by atoms with van der Waals surface area (Å²) in [5, 5.41) is 8.87. The second-order valence-electron chi connectivity index (χ2n) is 4.12. The fourth-order valence-electron chi connectivity index (χ4n) is 1.79.